The second kappa shape index (κ2) is 5.53. The van der Waals surface area contributed by atoms with E-state index in [1.165, 1.54) is 0 Å². The van der Waals surface area contributed by atoms with E-state index in [-0.39, 0.29) is 17.6 Å². The lowest BCUT2D eigenvalue weighted by atomic mass is 10.1. The number of benzene rings is 1. The van der Waals surface area contributed by atoms with Gasteiger partial charge in [-0.3, -0.25) is 0 Å². The van der Waals surface area contributed by atoms with Gasteiger partial charge in [-0.2, -0.15) is 0 Å². The second-order valence-electron chi connectivity index (χ2n) is 5.31. The van der Waals surface area contributed by atoms with Crippen molar-refractivity contribution in [3.8, 4) is 0 Å². The molecule has 1 aliphatic heterocycles. The van der Waals surface area contributed by atoms with Gasteiger partial charge in [0.05, 0.1) is 5.56 Å². The molecule has 0 saturated heterocycles. The summed E-state index contributed by atoms with van der Waals surface area (Å²) in [5.74, 6) is -0.935. The minimum Gasteiger partial charge on any atom is -0.478 e. The Kier molecular flexibility index (Phi) is 3.97. The number of nitrogens with zero attached hydrogens (tertiary/aromatic N) is 2. The maximum Gasteiger partial charge on any atom is 0.335 e. The van der Waals surface area contributed by atoms with Gasteiger partial charge in [0.15, 0.2) is 0 Å². The smallest absolute Gasteiger partial charge is 0.335 e. The Labute approximate surface area is 118 Å². The summed E-state index contributed by atoms with van der Waals surface area (Å²) in [6, 6.07) is 5.23. The highest BCUT2D eigenvalue weighted by atomic mass is 16.4. The summed E-state index contributed by atoms with van der Waals surface area (Å²) < 4.78 is 0. The third-order valence-electron chi connectivity index (χ3n) is 3.66. The zero-order chi connectivity index (χ0) is 14.9. The number of urea groups is 1. The van der Waals surface area contributed by atoms with Crippen molar-refractivity contribution < 1.29 is 14.7 Å². The molecule has 0 atom stereocenters. The molecule has 2 amide bonds. The summed E-state index contributed by atoms with van der Waals surface area (Å²) in [5.41, 5.74) is 2.23. The molecule has 0 saturated carbocycles. The minimum atomic E-state index is -0.935. The van der Waals surface area contributed by atoms with Gasteiger partial charge < -0.3 is 14.9 Å². The first-order valence-electron chi connectivity index (χ1n) is 6.84. The average molecular weight is 276 g/mol. The standard InChI is InChI=1S/C15H20N2O3/c1-4-17(10(2)3)15(20)16-8-12-6-5-11(14(18)19)7-13(12)9-16/h5-7,10H,4,8-9H2,1-3H3,(H,18,19). The highest BCUT2D eigenvalue weighted by molar-refractivity contribution is 5.88. The fraction of sp³-hybridized carbons (Fsp3) is 0.467. The van der Waals surface area contributed by atoms with Crippen LogP contribution in [0.5, 0.6) is 0 Å². The van der Waals surface area contributed by atoms with Gasteiger partial charge in [0, 0.05) is 25.7 Å². The van der Waals surface area contributed by atoms with Crippen LogP contribution in [0.4, 0.5) is 4.79 Å². The molecule has 20 heavy (non-hydrogen) atoms. The Morgan fingerprint density at radius 2 is 1.95 bits per heavy atom. The Bertz CT molecular complexity index is 540. The quantitative estimate of drug-likeness (QED) is 0.923. The molecule has 0 unspecified atom stereocenters. The van der Waals surface area contributed by atoms with Crippen molar-refractivity contribution >= 4 is 12.0 Å². The predicted molar refractivity (Wildman–Crippen MR) is 75.6 cm³/mol. The van der Waals surface area contributed by atoms with Crippen molar-refractivity contribution in [2.75, 3.05) is 6.54 Å². The van der Waals surface area contributed by atoms with E-state index in [0.717, 1.165) is 11.1 Å². The molecule has 0 radical (unpaired) electrons. The summed E-state index contributed by atoms with van der Waals surface area (Å²) >= 11 is 0. The largest absolute Gasteiger partial charge is 0.478 e. The molecule has 5 nitrogen and oxygen atoms in total. The lowest BCUT2D eigenvalue weighted by molar-refractivity contribution is 0.0696. The van der Waals surface area contributed by atoms with E-state index in [1.54, 1.807) is 23.1 Å². The molecule has 1 heterocycles. The van der Waals surface area contributed by atoms with Crippen LogP contribution >= 0.6 is 0 Å². The predicted octanol–water partition coefficient (Wildman–Crippen LogP) is 2.55. The van der Waals surface area contributed by atoms with Gasteiger partial charge in [0.25, 0.3) is 0 Å². The Morgan fingerprint density at radius 3 is 2.50 bits per heavy atom. The molecule has 0 aliphatic carbocycles. The van der Waals surface area contributed by atoms with Crippen LogP contribution < -0.4 is 0 Å². The molecular weight excluding hydrogens is 256 g/mol. The maximum atomic E-state index is 12.4. The molecule has 2 rings (SSSR count). The first-order valence-corrected chi connectivity index (χ1v) is 6.84. The van der Waals surface area contributed by atoms with E-state index >= 15 is 0 Å². The van der Waals surface area contributed by atoms with Crippen molar-refractivity contribution in [1.82, 2.24) is 9.80 Å². The van der Waals surface area contributed by atoms with E-state index in [1.807, 2.05) is 25.7 Å². The van der Waals surface area contributed by atoms with Gasteiger partial charge in [-0.15, -0.1) is 0 Å². The third kappa shape index (κ3) is 2.61. The Morgan fingerprint density at radius 1 is 1.30 bits per heavy atom. The maximum absolute atomic E-state index is 12.4. The van der Waals surface area contributed by atoms with Gasteiger partial charge in [-0.25, -0.2) is 9.59 Å². The van der Waals surface area contributed by atoms with Crippen LogP contribution in [0.25, 0.3) is 0 Å². The van der Waals surface area contributed by atoms with Crippen LogP contribution in [-0.2, 0) is 13.1 Å². The van der Waals surface area contributed by atoms with Crippen molar-refractivity contribution in [1.29, 1.82) is 0 Å². The first kappa shape index (κ1) is 14.4. The van der Waals surface area contributed by atoms with E-state index in [4.69, 9.17) is 5.11 Å². The average Bonchev–Trinajstić information content (AvgIpc) is 2.81. The molecule has 1 N–H and O–H groups in total. The van der Waals surface area contributed by atoms with E-state index in [0.29, 0.717) is 19.6 Å². The minimum absolute atomic E-state index is 0.00979. The van der Waals surface area contributed by atoms with Crippen molar-refractivity contribution in [2.45, 2.75) is 39.9 Å². The van der Waals surface area contributed by atoms with Gasteiger partial charge in [0.1, 0.15) is 0 Å². The fourth-order valence-electron chi connectivity index (χ4n) is 2.57. The molecule has 5 heteroatoms. The van der Waals surface area contributed by atoms with Gasteiger partial charge in [-0.1, -0.05) is 6.07 Å². The number of carbonyl (C=O) groups excluding carboxylic acids is 1. The normalized spacial score (nSPS) is 13.5. The monoisotopic (exact) mass is 276 g/mol. The number of fused-ring (bicyclic) bond motifs is 1. The van der Waals surface area contributed by atoms with Crippen LogP contribution in [-0.4, -0.2) is 39.5 Å². The highest BCUT2D eigenvalue weighted by Gasteiger charge is 2.28. The van der Waals surface area contributed by atoms with E-state index < -0.39 is 5.97 Å². The SMILES string of the molecule is CCN(C(=O)N1Cc2ccc(C(=O)O)cc2C1)C(C)C. The van der Waals surface area contributed by atoms with Gasteiger partial charge in [-0.05, 0) is 44.0 Å². The highest BCUT2D eigenvalue weighted by Crippen LogP contribution is 2.25. The topological polar surface area (TPSA) is 60.9 Å². The lowest BCUT2D eigenvalue weighted by Crippen LogP contribution is -2.44. The van der Waals surface area contributed by atoms with Crippen LogP contribution in [0.15, 0.2) is 18.2 Å². The van der Waals surface area contributed by atoms with Crippen LogP contribution in [0.2, 0.25) is 0 Å². The molecule has 1 aliphatic rings. The molecule has 1 aromatic carbocycles. The summed E-state index contributed by atoms with van der Waals surface area (Å²) in [6.45, 7) is 7.66. The number of carbonyl (C=O) groups is 2. The molecule has 0 bridgehead atoms. The number of aromatic carboxylic acids is 1. The number of hydrogen-bond acceptors (Lipinski definition) is 2. The van der Waals surface area contributed by atoms with E-state index in [2.05, 4.69) is 0 Å². The van der Waals surface area contributed by atoms with E-state index in [9.17, 15) is 9.59 Å². The van der Waals surface area contributed by atoms with Gasteiger partial charge in [0.2, 0.25) is 0 Å². The van der Waals surface area contributed by atoms with Crippen LogP contribution in [0.1, 0.15) is 42.3 Å². The molecule has 0 aromatic heterocycles. The lowest BCUT2D eigenvalue weighted by Gasteiger charge is -2.30. The summed E-state index contributed by atoms with van der Waals surface area (Å²) in [5, 5.41) is 9.00. The van der Waals surface area contributed by atoms with Gasteiger partial charge >= 0.3 is 12.0 Å². The second-order valence-corrected chi connectivity index (χ2v) is 5.31. The number of hydrogen-bond donors (Lipinski definition) is 1. The molecular formula is C15H20N2O3. The Hall–Kier alpha value is -2.04. The molecule has 0 spiro atoms. The van der Waals surface area contributed by atoms with Crippen LogP contribution in [0, 0.1) is 0 Å². The number of amides is 2. The van der Waals surface area contributed by atoms with Crippen molar-refractivity contribution in [2.24, 2.45) is 0 Å². The summed E-state index contributed by atoms with van der Waals surface area (Å²) in [6.07, 6.45) is 0. The molecule has 0 fully saturated rings. The zero-order valence-corrected chi connectivity index (χ0v) is 12.1. The van der Waals surface area contributed by atoms with Crippen molar-refractivity contribution in [3.05, 3.63) is 34.9 Å². The van der Waals surface area contributed by atoms with Crippen molar-refractivity contribution in [3.63, 3.8) is 0 Å². The molecule has 1 aromatic rings. The number of rotatable bonds is 3. The molecule has 108 valence electrons. The number of carboxylic acids is 1. The number of carboxylic acid groups (broad SMARTS) is 1. The summed E-state index contributed by atoms with van der Waals surface area (Å²) in [7, 11) is 0. The third-order valence-corrected chi connectivity index (χ3v) is 3.66. The Balaban J connectivity index is 2.16. The summed E-state index contributed by atoms with van der Waals surface area (Å²) in [4.78, 5) is 27.0. The first-order chi connectivity index (χ1) is 9.43. The zero-order valence-electron chi connectivity index (χ0n) is 12.1. The fourth-order valence-corrected chi connectivity index (χ4v) is 2.57. The van der Waals surface area contributed by atoms with Crippen LogP contribution in [0.3, 0.4) is 0 Å².